The Balaban J connectivity index is 0.931. The largest absolute Gasteiger partial charge is 0.310 e. The zero-order valence-electron chi connectivity index (χ0n) is 36.3. The van der Waals surface area contributed by atoms with Crippen molar-refractivity contribution in [3.63, 3.8) is 0 Å². The number of anilines is 3. The minimum atomic E-state index is 0.895. The van der Waals surface area contributed by atoms with Gasteiger partial charge in [0.1, 0.15) is 0 Å². The van der Waals surface area contributed by atoms with E-state index in [0.717, 1.165) is 67.5 Å². The van der Waals surface area contributed by atoms with E-state index in [4.69, 9.17) is 4.98 Å². The minimum absolute atomic E-state index is 0.895. The van der Waals surface area contributed by atoms with E-state index in [0.29, 0.717) is 0 Å². The molecule has 4 aromatic heterocycles. The van der Waals surface area contributed by atoms with E-state index in [2.05, 4.69) is 266 Å². The number of imidazole rings is 2. The quantitative estimate of drug-likeness (QED) is 0.160. The van der Waals surface area contributed by atoms with Gasteiger partial charge in [0.15, 0.2) is 0 Å². The van der Waals surface area contributed by atoms with Crippen molar-refractivity contribution in [2.24, 2.45) is 0 Å². The van der Waals surface area contributed by atoms with Gasteiger partial charge in [-0.25, -0.2) is 4.98 Å². The van der Waals surface area contributed by atoms with Gasteiger partial charge in [-0.05, 0) is 132 Å². The molecule has 67 heavy (non-hydrogen) atoms. The van der Waals surface area contributed by atoms with Crippen LogP contribution in [0.15, 0.2) is 243 Å². The molecular weight excluding hydrogens is 817 g/mol. The van der Waals surface area contributed by atoms with Gasteiger partial charge < -0.3 is 14.0 Å². The molecule has 0 aliphatic heterocycles. The predicted octanol–water partition coefficient (Wildman–Crippen LogP) is 15.8. The highest BCUT2D eigenvalue weighted by Crippen LogP contribution is 2.42. The highest BCUT2D eigenvalue weighted by molar-refractivity contribution is 6.13. The fourth-order valence-electron chi connectivity index (χ4n) is 10.6. The molecule has 6 nitrogen and oxygen atoms in total. The number of benzene rings is 10. The topological polar surface area (TPSA) is 35.3 Å². The first kappa shape index (κ1) is 37.3. The number of hydrogen-bond donors (Lipinski definition) is 0. The summed E-state index contributed by atoms with van der Waals surface area (Å²) in [5.41, 5.74) is 17.9. The van der Waals surface area contributed by atoms with Crippen LogP contribution in [0.4, 0.5) is 17.1 Å². The van der Waals surface area contributed by atoms with Crippen LogP contribution in [0.3, 0.4) is 0 Å². The zero-order chi connectivity index (χ0) is 44.0. The zero-order valence-corrected chi connectivity index (χ0v) is 36.3. The first-order valence-electron chi connectivity index (χ1n) is 22.8. The van der Waals surface area contributed by atoms with Gasteiger partial charge in [0.2, 0.25) is 5.78 Å². The van der Waals surface area contributed by atoms with E-state index in [1.807, 2.05) is 0 Å². The molecule has 0 saturated heterocycles. The Kier molecular flexibility index (Phi) is 8.18. The number of rotatable bonds is 7. The second-order valence-electron chi connectivity index (χ2n) is 17.3. The lowest BCUT2D eigenvalue weighted by molar-refractivity contribution is 1.11. The van der Waals surface area contributed by atoms with Crippen molar-refractivity contribution in [3.05, 3.63) is 243 Å². The van der Waals surface area contributed by atoms with Crippen molar-refractivity contribution < 1.29 is 0 Å². The van der Waals surface area contributed by atoms with Gasteiger partial charge in [0.05, 0.1) is 44.1 Å². The van der Waals surface area contributed by atoms with Crippen molar-refractivity contribution in [1.82, 2.24) is 23.1 Å². The molecule has 14 aromatic rings. The van der Waals surface area contributed by atoms with Crippen molar-refractivity contribution in [2.45, 2.75) is 0 Å². The molecule has 0 fully saturated rings. The molecule has 314 valence electrons. The Hall–Kier alpha value is -9.13. The molecule has 0 radical (unpaired) electrons. The van der Waals surface area contributed by atoms with Crippen LogP contribution in [0.25, 0.3) is 99.6 Å². The summed E-state index contributed by atoms with van der Waals surface area (Å²) in [7, 11) is 0. The van der Waals surface area contributed by atoms with Gasteiger partial charge in [0, 0.05) is 55.7 Å². The van der Waals surface area contributed by atoms with Gasteiger partial charge in [-0.2, -0.15) is 0 Å². The van der Waals surface area contributed by atoms with E-state index >= 15 is 0 Å². The summed E-state index contributed by atoms with van der Waals surface area (Å²) in [5, 5.41) is 4.85. The van der Waals surface area contributed by atoms with Crippen LogP contribution in [-0.2, 0) is 0 Å². The highest BCUT2D eigenvalue weighted by atomic mass is 15.2. The monoisotopic (exact) mass is 856 g/mol. The Labute approximate surface area is 385 Å². The Bertz CT molecular complexity index is 4190. The molecule has 0 unspecified atom stereocenters. The maximum Gasteiger partial charge on any atom is 0.220 e. The first-order valence-corrected chi connectivity index (χ1v) is 22.8. The van der Waals surface area contributed by atoms with Gasteiger partial charge in [-0.15, -0.1) is 0 Å². The van der Waals surface area contributed by atoms with Crippen LogP contribution in [0, 0.1) is 0 Å². The van der Waals surface area contributed by atoms with Crippen molar-refractivity contribution >= 4 is 88.5 Å². The summed E-state index contributed by atoms with van der Waals surface area (Å²) >= 11 is 0. The highest BCUT2D eigenvalue weighted by Gasteiger charge is 2.21. The molecule has 0 bridgehead atoms. The smallest absolute Gasteiger partial charge is 0.220 e. The minimum Gasteiger partial charge on any atom is -0.310 e. The van der Waals surface area contributed by atoms with E-state index in [-0.39, 0.29) is 0 Å². The number of hydrogen-bond acceptors (Lipinski definition) is 2. The third-order valence-electron chi connectivity index (χ3n) is 13.5. The molecule has 0 spiro atoms. The van der Waals surface area contributed by atoms with E-state index in [1.54, 1.807) is 0 Å². The summed E-state index contributed by atoms with van der Waals surface area (Å²) in [5.74, 6) is 0.895. The second kappa shape index (κ2) is 14.7. The molecule has 14 rings (SSSR count). The van der Waals surface area contributed by atoms with Crippen molar-refractivity contribution in [1.29, 1.82) is 0 Å². The van der Waals surface area contributed by atoms with Crippen LogP contribution in [0.5, 0.6) is 0 Å². The molecule has 10 aromatic carbocycles. The molecular formula is C61H40N6. The van der Waals surface area contributed by atoms with Crippen molar-refractivity contribution in [3.8, 4) is 28.2 Å². The summed E-state index contributed by atoms with van der Waals surface area (Å²) < 4.78 is 9.35. The predicted molar refractivity (Wildman–Crippen MR) is 278 cm³/mol. The van der Waals surface area contributed by atoms with Gasteiger partial charge in [-0.1, -0.05) is 121 Å². The molecule has 0 aliphatic carbocycles. The number of para-hydroxylation sites is 7. The average molecular weight is 857 g/mol. The lowest BCUT2D eigenvalue weighted by Gasteiger charge is -2.26. The summed E-state index contributed by atoms with van der Waals surface area (Å²) in [6.07, 6.45) is 0. The van der Waals surface area contributed by atoms with Gasteiger partial charge in [0.25, 0.3) is 0 Å². The molecule has 0 saturated carbocycles. The van der Waals surface area contributed by atoms with E-state index < -0.39 is 0 Å². The maximum absolute atomic E-state index is 5.15. The third-order valence-corrected chi connectivity index (χ3v) is 13.5. The van der Waals surface area contributed by atoms with Crippen molar-refractivity contribution in [2.75, 3.05) is 4.90 Å². The van der Waals surface area contributed by atoms with Crippen LogP contribution in [0.1, 0.15) is 0 Å². The summed E-state index contributed by atoms with van der Waals surface area (Å²) in [6, 6.07) is 87.5. The summed E-state index contributed by atoms with van der Waals surface area (Å²) in [6.45, 7) is 0. The lowest BCUT2D eigenvalue weighted by Crippen LogP contribution is -2.10. The molecule has 0 aliphatic rings. The van der Waals surface area contributed by atoms with Gasteiger partial charge in [-0.3, -0.25) is 8.97 Å². The molecule has 6 heteroatoms. The molecule has 0 atom stereocenters. The first-order chi connectivity index (χ1) is 33.2. The van der Waals surface area contributed by atoms with Gasteiger partial charge >= 0.3 is 0 Å². The van der Waals surface area contributed by atoms with Crippen LogP contribution in [0.2, 0.25) is 0 Å². The van der Waals surface area contributed by atoms with Crippen LogP contribution < -0.4 is 4.90 Å². The SMILES string of the molecule is c1ccc(-c2ccc(N(c3ccc(-n4c5ccccc5n5c6ccccc6nc45)cc3)c3ccc4c(c3)c3ccccc3n4-c3ccc4c(c3)c3ccccc3n4-c3ccccc3)cc2)cc1. The number of fused-ring (bicyclic) bond motifs is 11. The Morgan fingerprint density at radius 3 is 1.45 bits per heavy atom. The maximum atomic E-state index is 5.15. The normalized spacial score (nSPS) is 11.9. The fraction of sp³-hybridized carbons (Fsp3) is 0. The average Bonchev–Trinajstić information content (AvgIpc) is 4.13. The number of nitrogens with zero attached hydrogens (tertiary/aromatic N) is 6. The Morgan fingerprint density at radius 2 is 0.746 bits per heavy atom. The molecule has 0 amide bonds. The standard InChI is InChI=1S/C61H40N6/c1-3-15-41(16-4-1)42-27-29-44(30-28-42)63(45-31-33-46(34-32-45)66-59-25-13-14-26-60(59)67-58-24-12-9-21-53(58)62-61(66)67)47-35-37-57-51(39-47)50-20-8-11-23-55(50)65(57)48-36-38-56-52(40-48)49-19-7-10-22-54(49)64(56)43-17-5-2-6-18-43/h1-40H. The van der Waals surface area contributed by atoms with E-state index in [9.17, 15) is 0 Å². The third kappa shape index (κ3) is 5.73. The lowest BCUT2D eigenvalue weighted by atomic mass is 10.0. The fourth-order valence-corrected chi connectivity index (χ4v) is 10.6. The second-order valence-corrected chi connectivity index (χ2v) is 17.3. The molecule has 4 heterocycles. The van der Waals surface area contributed by atoms with E-state index in [1.165, 1.54) is 49.2 Å². The van der Waals surface area contributed by atoms with Crippen LogP contribution >= 0.6 is 0 Å². The van der Waals surface area contributed by atoms with Crippen LogP contribution in [-0.4, -0.2) is 23.1 Å². The number of aromatic nitrogens is 5. The summed E-state index contributed by atoms with van der Waals surface area (Å²) in [4.78, 5) is 7.52. The Morgan fingerprint density at radius 1 is 0.284 bits per heavy atom. The molecule has 0 N–H and O–H groups in total.